The molecular weight excluding hydrogens is 160 g/mol. The van der Waals surface area contributed by atoms with Crippen molar-refractivity contribution in [3.8, 4) is 0 Å². The number of esters is 1. The smallest absolute Gasteiger partial charge is 0.306 e. The Morgan fingerprint density at radius 1 is 1.82 bits per heavy atom. The van der Waals surface area contributed by atoms with Gasteiger partial charge in [0, 0.05) is 11.0 Å². The summed E-state index contributed by atoms with van der Waals surface area (Å²) in [6.07, 6.45) is 2.31. The molecule has 0 bridgehead atoms. The van der Waals surface area contributed by atoms with Gasteiger partial charge in [-0.1, -0.05) is 13.0 Å². The van der Waals surface area contributed by atoms with E-state index in [1.807, 2.05) is 13.0 Å². The van der Waals surface area contributed by atoms with Crippen LogP contribution in [0.15, 0.2) is 12.7 Å². The van der Waals surface area contributed by atoms with Gasteiger partial charge in [-0.05, 0) is 0 Å². The van der Waals surface area contributed by atoms with Crippen molar-refractivity contribution < 1.29 is 9.53 Å². The number of hydrogen-bond donors (Lipinski definition) is 0. The second-order valence-corrected chi connectivity index (χ2v) is 3.68. The second-order valence-electron chi connectivity index (χ2n) is 2.21. The molecule has 0 rings (SSSR count). The largest absolute Gasteiger partial charge is 0.469 e. The molecule has 0 amide bonds. The first-order valence-electron chi connectivity index (χ1n) is 3.50. The van der Waals surface area contributed by atoms with E-state index in [2.05, 4.69) is 11.3 Å². The molecule has 0 radical (unpaired) electrons. The highest BCUT2D eigenvalue weighted by molar-refractivity contribution is 8.00. The van der Waals surface area contributed by atoms with Crippen LogP contribution >= 0.6 is 11.8 Å². The number of carbonyl (C=O) groups excluding carboxylic acids is 1. The van der Waals surface area contributed by atoms with Gasteiger partial charge in [0.15, 0.2) is 0 Å². The first-order chi connectivity index (χ1) is 5.20. The molecule has 64 valence electrons. The number of carbonyl (C=O) groups is 1. The van der Waals surface area contributed by atoms with Gasteiger partial charge < -0.3 is 4.74 Å². The standard InChI is InChI=1S/C8H14O2S/c1-4-5-11-7(2)6-8(9)10-3/h4,7H,1,5-6H2,2-3H3. The molecule has 0 N–H and O–H groups in total. The van der Waals surface area contributed by atoms with Crippen LogP contribution in [0.2, 0.25) is 0 Å². The molecule has 1 unspecified atom stereocenters. The SMILES string of the molecule is C=CCSC(C)CC(=O)OC. The third kappa shape index (κ3) is 5.98. The van der Waals surface area contributed by atoms with Crippen molar-refractivity contribution in [3.05, 3.63) is 12.7 Å². The van der Waals surface area contributed by atoms with E-state index in [4.69, 9.17) is 0 Å². The number of hydrogen-bond acceptors (Lipinski definition) is 3. The zero-order valence-corrected chi connectivity index (χ0v) is 7.82. The summed E-state index contributed by atoms with van der Waals surface area (Å²) in [6, 6.07) is 0. The molecule has 0 aromatic carbocycles. The Morgan fingerprint density at radius 3 is 2.91 bits per heavy atom. The third-order valence-corrected chi connectivity index (χ3v) is 2.34. The fraction of sp³-hybridized carbons (Fsp3) is 0.625. The summed E-state index contributed by atoms with van der Waals surface area (Å²) in [5, 5.41) is 0.320. The molecule has 0 aliphatic carbocycles. The van der Waals surface area contributed by atoms with Gasteiger partial charge in [-0.3, -0.25) is 4.79 Å². The van der Waals surface area contributed by atoms with E-state index >= 15 is 0 Å². The Kier molecular flexibility index (Phi) is 6.03. The van der Waals surface area contributed by atoms with Gasteiger partial charge >= 0.3 is 5.97 Å². The fourth-order valence-corrected chi connectivity index (χ4v) is 1.33. The molecule has 0 aromatic heterocycles. The summed E-state index contributed by atoms with van der Waals surface area (Å²) in [5.74, 6) is 0.743. The molecule has 0 aliphatic rings. The molecule has 1 atom stereocenters. The van der Waals surface area contributed by atoms with Gasteiger partial charge in [0.1, 0.15) is 0 Å². The maximum Gasteiger partial charge on any atom is 0.306 e. The predicted molar refractivity (Wildman–Crippen MR) is 48.8 cm³/mol. The minimum Gasteiger partial charge on any atom is -0.469 e. The van der Waals surface area contributed by atoms with Crippen LogP contribution in [-0.2, 0) is 9.53 Å². The highest BCUT2D eigenvalue weighted by Crippen LogP contribution is 2.13. The van der Waals surface area contributed by atoms with E-state index in [1.54, 1.807) is 11.8 Å². The summed E-state index contributed by atoms with van der Waals surface area (Å²) in [4.78, 5) is 10.7. The van der Waals surface area contributed by atoms with Gasteiger partial charge in [-0.25, -0.2) is 0 Å². The molecule has 0 saturated heterocycles. The Balaban J connectivity index is 3.42. The van der Waals surface area contributed by atoms with Crippen LogP contribution in [0.1, 0.15) is 13.3 Å². The number of thioether (sulfide) groups is 1. The molecule has 0 aliphatic heterocycles. The van der Waals surface area contributed by atoms with Crippen LogP contribution in [-0.4, -0.2) is 24.1 Å². The number of ether oxygens (including phenoxy) is 1. The number of rotatable bonds is 5. The maximum absolute atomic E-state index is 10.7. The van der Waals surface area contributed by atoms with Gasteiger partial charge in [0.2, 0.25) is 0 Å². The van der Waals surface area contributed by atoms with Gasteiger partial charge in [-0.2, -0.15) is 11.8 Å². The molecule has 0 heterocycles. The van der Waals surface area contributed by atoms with E-state index in [9.17, 15) is 4.79 Å². The highest BCUT2D eigenvalue weighted by atomic mass is 32.2. The average Bonchev–Trinajstić information content (AvgIpc) is 2.00. The lowest BCUT2D eigenvalue weighted by Gasteiger charge is -2.06. The molecule has 0 aromatic rings. The Morgan fingerprint density at radius 2 is 2.45 bits per heavy atom. The van der Waals surface area contributed by atoms with Crippen molar-refractivity contribution in [2.24, 2.45) is 0 Å². The lowest BCUT2D eigenvalue weighted by Crippen LogP contribution is -2.08. The summed E-state index contributed by atoms with van der Waals surface area (Å²) in [6.45, 7) is 5.60. The third-order valence-electron chi connectivity index (χ3n) is 1.18. The second kappa shape index (κ2) is 6.28. The van der Waals surface area contributed by atoms with Gasteiger partial charge in [-0.15, -0.1) is 6.58 Å². The topological polar surface area (TPSA) is 26.3 Å². The van der Waals surface area contributed by atoms with Crippen molar-refractivity contribution in [1.82, 2.24) is 0 Å². The van der Waals surface area contributed by atoms with Crippen LogP contribution in [0.25, 0.3) is 0 Å². The Hall–Kier alpha value is -0.440. The van der Waals surface area contributed by atoms with E-state index in [0.29, 0.717) is 11.7 Å². The van der Waals surface area contributed by atoms with Crippen LogP contribution in [0.4, 0.5) is 0 Å². The average molecular weight is 174 g/mol. The van der Waals surface area contributed by atoms with Crippen molar-refractivity contribution in [3.63, 3.8) is 0 Å². The lowest BCUT2D eigenvalue weighted by atomic mass is 10.3. The van der Waals surface area contributed by atoms with Crippen molar-refractivity contribution in [2.45, 2.75) is 18.6 Å². The summed E-state index contributed by atoms with van der Waals surface area (Å²) < 4.78 is 4.52. The molecule has 3 heteroatoms. The maximum atomic E-state index is 10.7. The van der Waals surface area contributed by atoms with Crippen LogP contribution in [0, 0.1) is 0 Å². The van der Waals surface area contributed by atoms with E-state index in [0.717, 1.165) is 5.75 Å². The van der Waals surface area contributed by atoms with Crippen LogP contribution in [0.3, 0.4) is 0 Å². The monoisotopic (exact) mass is 174 g/mol. The normalized spacial score (nSPS) is 12.2. The van der Waals surface area contributed by atoms with Crippen LogP contribution < -0.4 is 0 Å². The zero-order chi connectivity index (χ0) is 8.69. The van der Waals surface area contributed by atoms with Gasteiger partial charge in [0.05, 0.1) is 13.5 Å². The first kappa shape index (κ1) is 10.6. The Labute approximate surface area is 72.0 Å². The zero-order valence-electron chi connectivity index (χ0n) is 7.00. The van der Waals surface area contributed by atoms with Crippen molar-refractivity contribution >= 4 is 17.7 Å². The molecule has 0 spiro atoms. The minimum absolute atomic E-state index is 0.144. The molecule has 2 nitrogen and oxygen atoms in total. The van der Waals surface area contributed by atoms with Crippen LogP contribution in [0.5, 0.6) is 0 Å². The summed E-state index contributed by atoms with van der Waals surface area (Å²) in [7, 11) is 1.41. The van der Waals surface area contributed by atoms with E-state index < -0.39 is 0 Å². The molecule has 0 saturated carbocycles. The van der Waals surface area contributed by atoms with E-state index in [-0.39, 0.29) is 5.97 Å². The fourth-order valence-electron chi connectivity index (χ4n) is 0.609. The van der Waals surface area contributed by atoms with Gasteiger partial charge in [0.25, 0.3) is 0 Å². The quantitative estimate of drug-likeness (QED) is 0.470. The highest BCUT2D eigenvalue weighted by Gasteiger charge is 2.07. The summed E-state index contributed by atoms with van der Waals surface area (Å²) in [5.41, 5.74) is 0. The lowest BCUT2D eigenvalue weighted by molar-refractivity contribution is -0.140. The Bertz CT molecular complexity index is 134. The molecule has 0 fully saturated rings. The van der Waals surface area contributed by atoms with Crippen molar-refractivity contribution in [2.75, 3.05) is 12.9 Å². The summed E-state index contributed by atoms with van der Waals surface area (Å²) >= 11 is 1.70. The van der Waals surface area contributed by atoms with E-state index in [1.165, 1.54) is 7.11 Å². The molecule has 11 heavy (non-hydrogen) atoms. The predicted octanol–water partition coefficient (Wildman–Crippen LogP) is 1.86. The number of methoxy groups -OCH3 is 1. The first-order valence-corrected chi connectivity index (χ1v) is 4.55. The van der Waals surface area contributed by atoms with Crippen molar-refractivity contribution in [1.29, 1.82) is 0 Å². The molecular formula is C8H14O2S. The minimum atomic E-state index is -0.144.